The Hall–Kier alpha value is -3.42. The van der Waals surface area contributed by atoms with Gasteiger partial charge in [-0.3, -0.25) is 4.79 Å². The Morgan fingerprint density at radius 3 is 2.76 bits per heavy atom. The predicted molar refractivity (Wildman–Crippen MR) is 114 cm³/mol. The van der Waals surface area contributed by atoms with Crippen LogP contribution in [0.15, 0.2) is 77.5 Å². The molecule has 29 heavy (non-hydrogen) atoms. The quantitative estimate of drug-likeness (QED) is 0.419. The Morgan fingerprint density at radius 2 is 1.97 bits per heavy atom. The van der Waals surface area contributed by atoms with Gasteiger partial charge in [0.25, 0.3) is 5.91 Å². The second kappa shape index (κ2) is 7.20. The zero-order chi connectivity index (χ0) is 19.8. The summed E-state index contributed by atoms with van der Waals surface area (Å²) < 4.78 is 6.01. The number of benzene rings is 1. The molecule has 1 N–H and O–H groups in total. The Kier molecular flexibility index (Phi) is 4.38. The largest absolute Gasteiger partial charge is 0.463 e. The third kappa shape index (κ3) is 3.41. The van der Waals surface area contributed by atoms with E-state index in [-0.39, 0.29) is 5.91 Å². The summed E-state index contributed by atoms with van der Waals surface area (Å²) in [5, 5.41) is 5.10. The van der Waals surface area contributed by atoms with Crippen molar-refractivity contribution in [2.24, 2.45) is 0 Å². The van der Waals surface area contributed by atoms with Crippen molar-refractivity contribution in [2.45, 2.75) is 0 Å². The summed E-state index contributed by atoms with van der Waals surface area (Å²) in [7, 11) is 0. The lowest BCUT2D eigenvalue weighted by molar-refractivity contribution is 0.101. The van der Waals surface area contributed by atoms with Gasteiger partial charge in [-0.1, -0.05) is 29.8 Å². The molecule has 0 saturated heterocycles. The monoisotopic (exact) mass is 420 g/mol. The van der Waals surface area contributed by atoms with E-state index >= 15 is 0 Å². The van der Waals surface area contributed by atoms with Crippen molar-refractivity contribution < 1.29 is 9.21 Å². The van der Waals surface area contributed by atoms with E-state index in [1.807, 2.05) is 42.5 Å². The van der Waals surface area contributed by atoms with E-state index in [1.165, 1.54) is 16.1 Å². The van der Waals surface area contributed by atoms with Crippen LogP contribution in [-0.2, 0) is 0 Å². The molecule has 142 valence electrons. The van der Waals surface area contributed by atoms with Crippen LogP contribution < -0.4 is 5.43 Å². The molecule has 6 nitrogen and oxygen atoms in total. The molecule has 0 unspecified atom stereocenters. The van der Waals surface area contributed by atoms with Gasteiger partial charge in [0.2, 0.25) is 0 Å². The molecule has 5 rings (SSSR count). The summed E-state index contributed by atoms with van der Waals surface area (Å²) in [6, 6.07) is 18.4. The highest BCUT2D eigenvalue weighted by Gasteiger charge is 2.16. The van der Waals surface area contributed by atoms with Crippen molar-refractivity contribution in [1.29, 1.82) is 0 Å². The number of thiophene rings is 1. The maximum Gasteiger partial charge on any atom is 0.272 e. The fourth-order valence-corrected chi connectivity index (χ4v) is 4.05. The summed E-state index contributed by atoms with van der Waals surface area (Å²) in [5.41, 5.74) is 5.35. The Bertz CT molecular complexity index is 1320. The maximum absolute atomic E-state index is 13.1. The van der Waals surface area contributed by atoms with Crippen LogP contribution in [0.2, 0.25) is 4.34 Å². The molecule has 0 spiro atoms. The molecule has 0 bridgehead atoms. The molecule has 0 aliphatic carbocycles. The average molecular weight is 421 g/mol. The highest BCUT2D eigenvalue weighted by molar-refractivity contribution is 7.19. The molecule has 1 amide bonds. The Balaban J connectivity index is 1.52. The SMILES string of the molecule is O=C(Nn1ccc(-c2ccco2)n1)c1cc(-c2ccc(Cl)s2)nc2ccccc12. The standard InChI is InChI=1S/C21H13ClN4O2S/c22-20-8-7-19(29-20)17-12-14(13-4-1-2-5-15(13)23-17)21(27)25-26-10-9-16(24-26)18-6-3-11-28-18/h1-12H,(H,25,27). The molecule has 0 radical (unpaired) electrons. The number of carbonyl (C=O) groups is 1. The molecular formula is C21H13ClN4O2S. The molecule has 5 aromatic rings. The normalized spacial score (nSPS) is 11.1. The number of hydrogen-bond donors (Lipinski definition) is 1. The molecule has 0 aliphatic rings. The van der Waals surface area contributed by atoms with Crippen LogP contribution >= 0.6 is 22.9 Å². The average Bonchev–Trinajstić information content (AvgIpc) is 3.48. The van der Waals surface area contributed by atoms with E-state index < -0.39 is 0 Å². The van der Waals surface area contributed by atoms with Crippen molar-refractivity contribution in [1.82, 2.24) is 14.9 Å². The van der Waals surface area contributed by atoms with Crippen molar-refractivity contribution in [3.8, 4) is 22.0 Å². The lowest BCUT2D eigenvalue weighted by Gasteiger charge is -2.10. The first-order valence-electron chi connectivity index (χ1n) is 8.74. The van der Waals surface area contributed by atoms with Gasteiger partial charge in [0.1, 0.15) is 5.69 Å². The maximum atomic E-state index is 13.1. The van der Waals surface area contributed by atoms with Crippen molar-refractivity contribution >= 4 is 39.7 Å². The van der Waals surface area contributed by atoms with Crippen LogP contribution in [0.4, 0.5) is 0 Å². The van der Waals surface area contributed by atoms with E-state index in [0.717, 1.165) is 15.8 Å². The molecule has 4 aromatic heterocycles. The summed E-state index contributed by atoms with van der Waals surface area (Å²) in [4.78, 5) is 20.0. The van der Waals surface area contributed by atoms with Gasteiger partial charge in [-0.15, -0.1) is 16.4 Å². The number of aromatic nitrogens is 3. The van der Waals surface area contributed by atoms with Gasteiger partial charge in [-0.05, 0) is 42.5 Å². The summed E-state index contributed by atoms with van der Waals surface area (Å²) in [6.45, 7) is 0. The first-order valence-corrected chi connectivity index (χ1v) is 9.93. The topological polar surface area (TPSA) is 73.0 Å². The zero-order valence-electron chi connectivity index (χ0n) is 14.9. The summed E-state index contributed by atoms with van der Waals surface area (Å²) >= 11 is 7.49. The lowest BCUT2D eigenvalue weighted by Crippen LogP contribution is -2.23. The Morgan fingerprint density at radius 1 is 1.07 bits per heavy atom. The highest BCUT2D eigenvalue weighted by Crippen LogP contribution is 2.32. The van der Waals surface area contributed by atoms with Crippen LogP contribution in [0.25, 0.3) is 32.9 Å². The van der Waals surface area contributed by atoms with E-state index in [4.69, 9.17) is 16.0 Å². The number of halogens is 1. The van der Waals surface area contributed by atoms with E-state index in [2.05, 4.69) is 15.5 Å². The van der Waals surface area contributed by atoms with Crippen LogP contribution in [0, 0.1) is 0 Å². The van der Waals surface area contributed by atoms with E-state index in [9.17, 15) is 4.79 Å². The number of fused-ring (bicyclic) bond motifs is 1. The molecule has 0 aliphatic heterocycles. The number of para-hydroxylation sites is 1. The number of pyridine rings is 1. The predicted octanol–water partition coefficient (Wildman–Crippen LogP) is 5.46. The van der Waals surface area contributed by atoms with Gasteiger partial charge >= 0.3 is 0 Å². The van der Waals surface area contributed by atoms with Gasteiger partial charge in [0.15, 0.2) is 5.76 Å². The molecule has 8 heteroatoms. The number of nitrogens with zero attached hydrogens (tertiary/aromatic N) is 3. The number of nitrogens with one attached hydrogen (secondary N) is 1. The van der Waals surface area contributed by atoms with Crippen molar-refractivity contribution in [2.75, 3.05) is 5.43 Å². The molecule has 0 saturated carbocycles. The second-order valence-corrected chi connectivity index (χ2v) is 7.95. The van der Waals surface area contributed by atoms with Crippen molar-refractivity contribution in [3.05, 3.63) is 83.0 Å². The van der Waals surface area contributed by atoms with Gasteiger partial charge in [-0.25, -0.2) is 10.4 Å². The fourth-order valence-electron chi connectivity index (χ4n) is 3.05. The van der Waals surface area contributed by atoms with Crippen LogP contribution in [0.1, 0.15) is 10.4 Å². The summed E-state index contributed by atoms with van der Waals surface area (Å²) in [6.07, 6.45) is 3.24. The second-order valence-electron chi connectivity index (χ2n) is 6.24. The van der Waals surface area contributed by atoms with Crippen LogP contribution in [0.3, 0.4) is 0 Å². The molecule has 4 heterocycles. The number of hydrogen-bond acceptors (Lipinski definition) is 5. The minimum absolute atomic E-state index is 0.290. The molecule has 0 atom stereocenters. The third-order valence-electron chi connectivity index (χ3n) is 4.37. The minimum Gasteiger partial charge on any atom is -0.463 e. The van der Waals surface area contributed by atoms with Gasteiger partial charge in [-0.2, -0.15) is 4.79 Å². The molecule has 1 aromatic carbocycles. The first kappa shape index (κ1) is 17.7. The van der Waals surface area contributed by atoms with Gasteiger partial charge in [0, 0.05) is 11.6 Å². The smallest absolute Gasteiger partial charge is 0.272 e. The summed E-state index contributed by atoms with van der Waals surface area (Å²) in [5.74, 6) is 0.339. The Labute approximate surface area is 174 Å². The molecular weight excluding hydrogens is 408 g/mol. The molecule has 0 fully saturated rings. The van der Waals surface area contributed by atoms with E-state index in [0.29, 0.717) is 27.0 Å². The number of carbonyl (C=O) groups excluding carboxylic acids is 1. The van der Waals surface area contributed by atoms with E-state index in [1.54, 1.807) is 30.7 Å². The minimum atomic E-state index is -0.290. The van der Waals surface area contributed by atoms with Crippen LogP contribution in [-0.4, -0.2) is 20.8 Å². The number of rotatable bonds is 4. The number of furan rings is 1. The number of amides is 1. The third-order valence-corrected chi connectivity index (χ3v) is 5.62. The fraction of sp³-hybridized carbons (Fsp3) is 0. The van der Waals surface area contributed by atoms with Crippen LogP contribution in [0.5, 0.6) is 0 Å². The van der Waals surface area contributed by atoms with Gasteiger partial charge < -0.3 is 4.42 Å². The zero-order valence-corrected chi connectivity index (χ0v) is 16.4. The first-order chi connectivity index (χ1) is 14.2. The lowest BCUT2D eigenvalue weighted by atomic mass is 10.1. The van der Waals surface area contributed by atoms with Gasteiger partial charge in [0.05, 0.1) is 32.3 Å². The van der Waals surface area contributed by atoms with Crippen molar-refractivity contribution in [3.63, 3.8) is 0 Å². The highest BCUT2D eigenvalue weighted by atomic mass is 35.5.